The first-order valence-corrected chi connectivity index (χ1v) is 10.4. The van der Waals surface area contributed by atoms with Crippen molar-refractivity contribution in [3.8, 4) is 11.3 Å². The van der Waals surface area contributed by atoms with Crippen molar-refractivity contribution in [2.75, 3.05) is 6.54 Å². The molecule has 7 heteroatoms. The van der Waals surface area contributed by atoms with Crippen LogP contribution in [0.3, 0.4) is 0 Å². The summed E-state index contributed by atoms with van der Waals surface area (Å²) in [5.41, 5.74) is 7.98. The lowest BCUT2D eigenvalue weighted by Crippen LogP contribution is -2.56. The zero-order chi connectivity index (χ0) is 22.2. The third-order valence-corrected chi connectivity index (χ3v) is 5.92. The zero-order valence-electron chi connectivity index (χ0n) is 17.7. The number of benzene rings is 2. The van der Waals surface area contributed by atoms with E-state index in [2.05, 4.69) is 0 Å². The van der Waals surface area contributed by atoms with Gasteiger partial charge >= 0.3 is 0 Å². The third kappa shape index (κ3) is 4.23. The van der Waals surface area contributed by atoms with Crippen LogP contribution >= 0.6 is 0 Å². The molecule has 162 valence electrons. The average molecular weight is 424 g/mol. The van der Waals surface area contributed by atoms with E-state index >= 15 is 0 Å². The zero-order valence-corrected chi connectivity index (χ0v) is 17.7. The second kappa shape index (κ2) is 8.23. The van der Waals surface area contributed by atoms with E-state index in [-0.39, 0.29) is 17.5 Å². The highest BCUT2D eigenvalue weighted by molar-refractivity contribution is 5.82. The Labute approximate surface area is 180 Å². The topological polar surface area (TPSA) is 64.2 Å². The van der Waals surface area contributed by atoms with Gasteiger partial charge in [-0.05, 0) is 68.7 Å². The van der Waals surface area contributed by atoms with Crippen LogP contribution in [-0.4, -0.2) is 32.9 Å². The molecule has 2 heterocycles. The van der Waals surface area contributed by atoms with Gasteiger partial charge in [0.1, 0.15) is 17.5 Å². The number of imidazole rings is 1. The number of hydrogen-bond acceptors (Lipinski definition) is 3. The molecule has 1 atom stereocenters. The fraction of sp³-hybridized carbons (Fsp3) is 0.333. The van der Waals surface area contributed by atoms with Gasteiger partial charge in [0.05, 0.1) is 17.3 Å². The number of halogens is 2. The Balaban J connectivity index is 1.50. The van der Waals surface area contributed by atoms with Crippen LogP contribution in [0.25, 0.3) is 11.3 Å². The Hall–Kier alpha value is -3.06. The molecule has 4 rings (SSSR count). The summed E-state index contributed by atoms with van der Waals surface area (Å²) >= 11 is 0. The molecule has 0 saturated carbocycles. The second-order valence-electron chi connectivity index (χ2n) is 8.47. The van der Waals surface area contributed by atoms with Crippen molar-refractivity contribution in [2.24, 2.45) is 5.73 Å². The van der Waals surface area contributed by atoms with E-state index in [1.165, 1.54) is 24.3 Å². The molecule has 0 bridgehead atoms. The van der Waals surface area contributed by atoms with Crippen LogP contribution < -0.4 is 5.73 Å². The van der Waals surface area contributed by atoms with Crippen LogP contribution in [-0.2, 0) is 23.3 Å². The van der Waals surface area contributed by atoms with Crippen LogP contribution in [0.1, 0.15) is 31.7 Å². The summed E-state index contributed by atoms with van der Waals surface area (Å²) < 4.78 is 28.7. The number of rotatable bonds is 5. The number of nitrogens with two attached hydrogens (primary N) is 1. The van der Waals surface area contributed by atoms with Gasteiger partial charge in [-0.25, -0.2) is 13.8 Å². The fourth-order valence-corrected chi connectivity index (χ4v) is 4.17. The van der Waals surface area contributed by atoms with Crippen molar-refractivity contribution in [3.63, 3.8) is 0 Å². The van der Waals surface area contributed by atoms with E-state index in [9.17, 15) is 13.6 Å². The summed E-state index contributed by atoms with van der Waals surface area (Å²) in [6.07, 6.45) is 2.91. The molecule has 0 spiro atoms. The van der Waals surface area contributed by atoms with E-state index < -0.39 is 11.6 Å². The maximum Gasteiger partial charge on any atom is 0.240 e. The van der Waals surface area contributed by atoms with Crippen LogP contribution in [0, 0.1) is 11.6 Å². The molecular weight excluding hydrogens is 398 g/mol. The maximum absolute atomic E-state index is 13.4. The van der Waals surface area contributed by atoms with Gasteiger partial charge in [0.25, 0.3) is 0 Å². The van der Waals surface area contributed by atoms with E-state index in [1.807, 2.05) is 30.7 Å². The molecule has 0 radical (unpaired) electrons. The van der Waals surface area contributed by atoms with Gasteiger partial charge in [0.15, 0.2) is 0 Å². The van der Waals surface area contributed by atoms with Crippen molar-refractivity contribution in [3.05, 3.63) is 77.8 Å². The number of carbonyl (C=O) groups is 1. The lowest BCUT2D eigenvalue weighted by atomic mass is 9.96. The van der Waals surface area contributed by atoms with E-state index in [0.29, 0.717) is 25.9 Å². The smallest absolute Gasteiger partial charge is 0.240 e. The highest BCUT2D eigenvalue weighted by Gasteiger charge is 2.41. The Morgan fingerprint density at radius 3 is 2.58 bits per heavy atom. The monoisotopic (exact) mass is 424 g/mol. The molecule has 1 unspecified atom stereocenters. The predicted octanol–water partition coefficient (Wildman–Crippen LogP) is 3.87. The van der Waals surface area contributed by atoms with Crippen LogP contribution in [0.15, 0.2) is 54.7 Å². The number of carbonyl (C=O) groups excluding carboxylic acids is 1. The summed E-state index contributed by atoms with van der Waals surface area (Å²) in [5, 5.41) is 0. The molecule has 5 nitrogen and oxygen atoms in total. The number of amides is 1. The first-order chi connectivity index (χ1) is 14.8. The minimum atomic E-state index is -0.680. The molecule has 1 aromatic heterocycles. The van der Waals surface area contributed by atoms with E-state index in [0.717, 1.165) is 22.6 Å². The van der Waals surface area contributed by atoms with Gasteiger partial charge in [-0.15, -0.1) is 0 Å². The normalized spacial score (nSPS) is 16.1. The summed E-state index contributed by atoms with van der Waals surface area (Å²) in [4.78, 5) is 19.7. The molecule has 2 N–H and O–H groups in total. The van der Waals surface area contributed by atoms with Crippen LogP contribution in [0.4, 0.5) is 8.78 Å². The first kappa shape index (κ1) is 21.2. The number of aromatic nitrogens is 2. The Morgan fingerprint density at radius 2 is 1.87 bits per heavy atom. The van der Waals surface area contributed by atoms with Gasteiger partial charge in [0, 0.05) is 24.8 Å². The van der Waals surface area contributed by atoms with E-state index in [4.69, 9.17) is 10.7 Å². The largest absolute Gasteiger partial charge is 0.331 e. The lowest BCUT2D eigenvalue weighted by molar-refractivity contribution is -0.140. The number of aryl methyl sites for hydroxylation is 1. The first-order valence-electron chi connectivity index (χ1n) is 10.4. The third-order valence-electron chi connectivity index (χ3n) is 5.92. The van der Waals surface area contributed by atoms with Gasteiger partial charge in [-0.1, -0.05) is 12.1 Å². The van der Waals surface area contributed by atoms with Crippen molar-refractivity contribution in [1.29, 1.82) is 0 Å². The number of fused-ring (bicyclic) bond motifs is 1. The summed E-state index contributed by atoms with van der Waals surface area (Å²) in [7, 11) is 0. The molecule has 0 saturated heterocycles. The van der Waals surface area contributed by atoms with Crippen LogP contribution in [0.2, 0.25) is 0 Å². The number of nitrogens with zero attached hydrogens (tertiary/aromatic N) is 3. The minimum absolute atomic E-state index is 0.140. The lowest BCUT2D eigenvalue weighted by Gasteiger charge is -2.43. The Kier molecular flexibility index (Phi) is 5.62. The van der Waals surface area contributed by atoms with Crippen molar-refractivity contribution < 1.29 is 13.6 Å². The predicted molar refractivity (Wildman–Crippen MR) is 115 cm³/mol. The molecule has 1 aliphatic rings. The fourth-order valence-electron chi connectivity index (χ4n) is 4.17. The number of hydrogen-bond donors (Lipinski definition) is 1. The van der Waals surface area contributed by atoms with Crippen molar-refractivity contribution >= 4 is 5.91 Å². The Bertz CT molecular complexity index is 1090. The van der Waals surface area contributed by atoms with Crippen LogP contribution in [0.5, 0.6) is 0 Å². The average Bonchev–Trinajstić information content (AvgIpc) is 3.18. The molecular formula is C24H26F2N4O. The Morgan fingerprint density at radius 1 is 1.13 bits per heavy atom. The molecule has 31 heavy (non-hydrogen) atoms. The highest BCUT2D eigenvalue weighted by Crippen LogP contribution is 2.33. The van der Waals surface area contributed by atoms with Gasteiger partial charge in [0.2, 0.25) is 5.91 Å². The summed E-state index contributed by atoms with van der Waals surface area (Å²) in [6.45, 7) is 5.04. The SMILES string of the molecule is CC1(C)c2nc(-c3ccc(F)cc3)cn2CCN1C(=O)C(N)CCc1cccc(F)c1. The maximum atomic E-state index is 13.4. The summed E-state index contributed by atoms with van der Waals surface area (Å²) in [6, 6.07) is 11.9. The second-order valence-corrected chi connectivity index (χ2v) is 8.47. The van der Waals surface area contributed by atoms with E-state index in [1.54, 1.807) is 23.1 Å². The standard InChI is InChI=1S/C24H26F2N4O/c1-24(2)23-28-21(17-7-9-18(25)10-8-17)15-29(23)12-13-30(24)22(31)20(27)11-6-16-4-3-5-19(26)14-16/h3-5,7-10,14-15,20H,6,11-13,27H2,1-2H3. The molecule has 3 aromatic rings. The molecule has 2 aromatic carbocycles. The minimum Gasteiger partial charge on any atom is -0.331 e. The van der Waals surface area contributed by atoms with Crippen molar-refractivity contribution in [2.45, 2.75) is 44.8 Å². The molecule has 1 amide bonds. The van der Waals surface area contributed by atoms with Gasteiger partial charge in [-0.3, -0.25) is 4.79 Å². The molecule has 0 aliphatic carbocycles. The highest BCUT2D eigenvalue weighted by atomic mass is 19.1. The molecule has 1 aliphatic heterocycles. The van der Waals surface area contributed by atoms with Crippen molar-refractivity contribution in [1.82, 2.24) is 14.5 Å². The quantitative estimate of drug-likeness (QED) is 0.676. The summed E-state index contributed by atoms with van der Waals surface area (Å²) in [5.74, 6) is 0.0400. The van der Waals surface area contributed by atoms with Gasteiger partial charge < -0.3 is 15.2 Å². The molecule has 0 fully saturated rings. The van der Waals surface area contributed by atoms with Gasteiger partial charge in [-0.2, -0.15) is 0 Å².